The van der Waals surface area contributed by atoms with Gasteiger partial charge in [0.15, 0.2) is 11.5 Å². The van der Waals surface area contributed by atoms with Crippen molar-refractivity contribution in [3.8, 4) is 11.5 Å². The Morgan fingerprint density at radius 2 is 1.87 bits per heavy atom. The maximum atomic E-state index is 13.0. The normalized spacial score (nSPS) is 15.6. The van der Waals surface area contributed by atoms with Crippen molar-refractivity contribution in [3.05, 3.63) is 58.1 Å². The summed E-state index contributed by atoms with van der Waals surface area (Å²) in [5.74, 6) is -0.788. The topological polar surface area (TPSA) is 84.9 Å². The van der Waals surface area contributed by atoms with Gasteiger partial charge in [-0.25, -0.2) is 9.69 Å². The molecule has 0 bridgehead atoms. The van der Waals surface area contributed by atoms with Crippen LogP contribution in [0.5, 0.6) is 11.5 Å². The van der Waals surface area contributed by atoms with E-state index in [0.717, 1.165) is 10.5 Å². The maximum absolute atomic E-state index is 13.0. The van der Waals surface area contributed by atoms with Crippen LogP contribution in [0, 0.1) is 6.92 Å². The van der Waals surface area contributed by atoms with Gasteiger partial charge in [0.25, 0.3) is 11.8 Å². The van der Waals surface area contributed by atoms with Crippen molar-refractivity contribution in [1.29, 1.82) is 0 Å². The summed E-state index contributed by atoms with van der Waals surface area (Å²) in [5.41, 5.74) is 1.48. The molecule has 0 aromatic heterocycles. The number of methoxy groups -OCH3 is 1. The van der Waals surface area contributed by atoms with Gasteiger partial charge in [-0.3, -0.25) is 14.9 Å². The third-order valence-corrected chi connectivity index (χ3v) is 4.56. The van der Waals surface area contributed by atoms with Crippen LogP contribution in [-0.2, 0) is 9.59 Å². The minimum Gasteiger partial charge on any atom is -0.493 e. The van der Waals surface area contributed by atoms with E-state index in [9.17, 15) is 14.4 Å². The van der Waals surface area contributed by atoms with Crippen molar-refractivity contribution in [1.82, 2.24) is 5.32 Å². The van der Waals surface area contributed by atoms with E-state index in [4.69, 9.17) is 21.1 Å². The molecule has 0 radical (unpaired) electrons. The molecule has 1 N–H and O–H groups in total. The summed E-state index contributed by atoms with van der Waals surface area (Å²) in [7, 11) is 1.46. The second-order valence-electron chi connectivity index (χ2n) is 7.00. The van der Waals surface area contributed by atoms with E-state index in [2.05, 4.69) is 5.32 Å². The van der Waals surface area contributed by atoms with Crippen LogP contribution >= 0.6 is 11.6 Å². The maximum Gasteiger partial charge on any atom is 0.335 e. The van der Waals surface area contributed by atoms with E-state index in [1.54, 1.807) is 30.3 Å². The van der Waals surface area contributed by atoms with Gasteiger partial charge in [0.2, 0.25) is 0 Å². The number of hydrogen-bond donors (Lipinski definition) is 1. The van der Waals surface area contributed by atoms with Crippen LogP contribution in [0.4, 0.5) is 10.5 Å². The average molecular weight is 429 g/mol. The minimum absolute atomic E-state index is 0.125. The zero-order valence-electron chi connectivity index (χ0n) is 17.0. The lowest BCUT2D eigenvalue weighted by atomic mass is 10.1. The molecule has 4 amide bonds. The Morgan fingerprint density at radius 1 is 1.13 bits per heavy atom. The fraction of sp³-hybridized carbons (Fsp3) is 0.227. The molecule has 30 heavy (non-hydrogen) atoms. The van der Waals surface area contributed by atoms with E-state index in [1.165, 1.54) is 13.2 Å². The van der Waals surface area contributed by atoms with Crippen molar-refractivity contribution >= 4 is 41.2 Å². The molecule has 0 atom stereocenters. The lowest BCUT2D eigenvalue weighted by Gasteiger charge is -2.26. The number of nitrogens with zero attached hydrogens (tertiary/aromatic N) is 1. The summed E-state index contributed by atoms with van der Waals surface area (Å²) in [6.07, 6.45) is 1.24. The van der Waals surface area contributed by atoms with E-state index in [1.807, 2.05) is 26.8 Å². The molecule has 156 valence electrons. The number of rotatable bonds is 5. The first kappa shape index (κ1) is 21.4. The number of benzene rings is 2. The number of carbonyl (C=O) groups excluding carboxylic acids is 3. The molecule has 8 heteroatoms. The number of halogens is 1. The van der Waals surface area contributed by atoms with Gasteiger partial charge >= 0.3 is 6.03 Å². The van der Waals surface area contributed by atoms with Crippen LogP contribution in [0.2, 0.25) is 5.02 Å². The van der Waals surface area contributed by atoms with Crippen LogP contribution in [-0.4, -0.2) is 31.1 Å². The number of amides is 4. The molecule has 0 aliphatic carbocycles. The quantitative estimate of drug-likeness (QED) is 0.572. The Hall–Kier alpha value is -3.32. The van der Waals surface area contributed by atoms with Crippen LogP contribution in [0.15, 0.2) is 42.0 Å². The first-order chi connectivity index (χ1) is 14.2. The summed E-state index contributed by atoms with van der Waals surface area (Å²) in [5, 5.41) is 2.47. The number of aryl methyl sites for hydroxylation is 1. The van der Waals surface area contributed by atoms with Gasteiger partial charge in [-0.2, -0.15) is 0 Å². The van der Waals surface area contributed by atoms with Crippen LogP contribution in [0.1, 0.15) is 25.0 Å². The van der Waals surface area contributed by atoms with Gasteiger partial charge in [-0.15, -0.1) is 0 Å². The smallest absolute Gasteiger partial charge is 0.335 e. The lowest BCUT2D eigenvalue weighted by Crippen LogP contribution is -2.54. The van der Waals surface area contributed by atoms with Gasteiger partial charge in [0.1, 0.15) is 5.57 Å². The fourth-order valence-corrected chi connectivity index (χ4v) is 3.26. The highest BCUT2D eigenvalue weighted by atomic mass is 35.5. The van der Waals surface area contributed by atoms with Crippen molar-refractivity contribution in [3.63, 3.8) is 0 Å². The Labute approximate surface area is 179 Å². The number of urea groups is 1. The fourth-order valence-electron chi connectivity index (χ4n) is 3.00. The molecular weight excluding hydrogens is 408 g/mol. The zero-order valence-corrected chi connectivity index (χ0v) is 17.7. The minimum atomic E-state index is -0.802. The third-order valence-electron chi connectivity index (χ3n) is 4.28. The second kappa shape index (κ2) is 8.59. The largest absolute Gasteiger partial charge is 0.493 e. The molecule has 7 nitrogen and oxygen atoms in total. The highest BCUT2D eigenvalue weighted by molar-refractivity contribution is 6.39. The van der Waals surface area contributed by atoms with Crippen molar-refractivity contribution in [2.24, 2.45) is 0 Å². The summed E-state index contributed by atoms with van der Waals surface area (Å²) < 4.78 is 11.0. The standard InChI is InChI=1S/C22H21ClN2O5/c1-12(2)30-19-17(23)10-14(11-18(19)29-4)9-16-20(26)24-22(28)25(21(16)27)15-7-5-6-13(3)8-15/h5-12H,1-4H3,(H,24,26,28)/b16-9+. The van der Waals surface area contributed by atoms with Crippen molar-refractivity contribution in [2.75, 3.05) is 12.0 Å². The van der Waals surface area contributed by atoms with E-state index in [-0.39, 0.29) is 16.7 Å². The highest BCUT2D eigenvalue weighted by Crippen LogP contribution is 2.38. The number of anilines is 1. The third kappa shape index (κ3) is 4.31. The van der Waals surface area contributed by atoms with Gasteiger partial charge in [0.05, 0.1) is 23.9 Å². The zero-order chi connectivity index (χ0) is 22.0. The highest BCUT2D eigenvalue weighted by Gasteiger charge is 2.36. The molecular formula is C22H21ClN2O5. The Bertz CT molecular complexity index is 1060. The summed E-state index contributed by atoms with van der Waals surface area (Å²) in [6, 6.07) is 9.23. The predicted octanol–water partition coefficient (Wildman–Crippen LogP) is 4.11. The molecule has 1 aliphatic rings. The number of hydrogen-bond acceptors (Lipinski definition) is 5. The SMILES string of the molecule is COc1cc(/C=C2\C(=O)NC(=O)N(c3cccc(C)c3)C2=O)cc(Cl)c1OC(C)C. The molecule has 1 heterocycles. The molecule has 1 saturated heterocycles. The Balaban J connectivity index is 2.03. The number of imide groups is 2. The first-order valence-corrected chi connectivity index (χ1v) is 9.61. The van der Waals surface area contributed by atoms with Crippen LogP contribution in [0.3, 0.4) is 0 Å². The molecule has 2 aromatic carbocycles. The molecule has 0 spiro atoms. The van der Waals surface area contributed by atoms with Crippen LogP contribution in [0.25, 0.3) is 6.08 Å². The average Bonchev–Trinajstić information content (AvgIpc) is 2.66. The number of ether oxygens (including phenoxy) is 2. The van der Waals surface area contributed by atoms with Crippen molar-refractivity contribution in [2.45, 2.75) is 26.9 Å². The summed E-state index contributed by atoms with van der Waals surface area (Å²) in [4.78, 5) is 38.6. The molecule has 0 saturated carbocycles. The molecule has 3 rings (SSSR count). The monoisotopic (exact) mass is 428 g/mol. The number of barbiturate groups is 1. The van der Waals surface area contributed by atoms with Gasteiger partial charge in [-0.05, 0) is 62.2 Å². The lowest BCUT2D eigenvalue weighted by molar-refractivity contribution is -0.122. The van der Waals surface area contributed by atoms with E-state index < -0.39 is 17.8 Å². The predicted molar refractivity (Wildman–Crippen MR) is 114 cm³/mol. The molecule has 0 unspecified atom stereocenters. The molecule has 1 aliphatic heterocycles. The number of carbonyl (C=O) groups is 3. The number of nitrogens with one attached hydrogen (secondary N) is 1. The van der Waals surface area contributed by atoms with Gasteiger partial charge in [-0.1, -0.05) is 23.7 Å². The van der Waals surface area contributed by atoms with Crippen molar-refractivity contribution < 1.29 is 23.9 Å². The Kier molecular flexibility index (Phi) is 6.12. The molecule has 2 aromatic rings. The first-order valence-electron chi connectivity index (χ1n) is 9.23. The molecule has 1 fully saturated rings. The summed E-state index contributed by atoms with van der Waals surface area (Å²) in [6.45, 7) is 5.55. The van der Waals surface area contributed by atoms with Gasteiger partial charge in [0, 0.05) is 0 Å². The second-order valence-corrected chi connectivity index (χ2v) is 7.40. The van der Waals surface area contributed by atoms with Crippen LogP contribution < -0.4 is 19.7 Å². The Morgan fingerprint density at radius 3 is 2.50 bits per heavy atom. The van der Waals surface area contributed by atoms with Gasteiger partial charge < -0.3 is 9.47 Å². The summed E-state index contributed by atoms with van der Waals surface area (Å²) >= 11 is 6.33. The van der Waals surface area contributed by atoms with E-state index in [0.29, 0.717) is 22.7 Å². The van der Waals surface area contributed by atoms with E-state index >= 15 is 0 Å².